The van der Waals surface area contributed by atoms with Crippen LogP contribution in [0.25, 0.3) is 0 Å². The number of hydrogen-bond acceptors (Lipinski definition) is 4. The van der Waals surface area contributed by atoms with Gasteiger partial charge in [-0.25, -0.2) is 8.42 Å². The highest BCUT2D eigenvalue weighted by Crippen LogP contribution is 2.27. The number of nitrogens with zero attached hydrogens (tertiary/aromatic N) is 3. The summed E-state index contributed by atoms with van der Waals surface area (Å²) in [4.78, 5) is 4.63. The van der Waals surface area contributed by atoms with E-state index < -0.39 is 10.0 Å². The first kappa shape index (κ1) is 18.1. The lowest BCUT2D eigenvalue weighted by Gasteiger charge is -2.36. The highest BCUT2D eigenvalue weighted by Gasteiger charge is 2.26. The molecule has 1 fully saturated rings. The van der Waals surface area contributed by atoms with Gasteiger partial charge in [0.05, 0.1) is 5.75 Å². The van der Waals surface area contributed by atoms with Crippen LogP contribution in [-0.2, 0) is 10.0 Å². The predicted molar refractivity (Wildman–Crippen MR) is 98.0 cm³/mol. The summed E-state index contributed by atoms with van der Waals surface area (Å²) in [7, 11) is -3.06. The largest absolute Gasteiger partial charge is 0.372 e. The zero-order valence-corrected chi connectivity index (χ0v) is 15.6. The van der Waals surface area contributed by atoms with Crippen LogP contribution in [0, 0.1) is 6.92 Å². The van der Waals surface area contributed by atoms with Crippen LogP contribution in [0.3, 0.4) is 0 Å². The zero-order valence-electron chi connectivity index (χ0n) is 14.7. The van der Waals surface area contributed by atoms with Gasteiger partial charge < -0.3 is 9.80 Å². The summed E-state index contributed by atoms with van der Waals surface area (Å²) in [6.07, 6.45) is 0. The van der Waals surface area contributed by atoms with E-state index in [0.717, 1.165) is 26.2 Å². The lowest BCUT2D eigenvalue weighted by molar-refractivity contribution is 0.385. The first-order chi connectivity index (χ1) is 10.9. The lowest BCUT2D eigenvalue weighted by atomic mass is 10.1. The summed E-state index contributed by atoms with van der Waals surface area (Å²) in [5.74, 6) is 0.185. The summed E-state index contributed by atoms with van der Waals surface area (Å²) in [5.41, 5.74) is 3.72. The van der Waals surface area contributed by atoms with E-state index in [2.05, 4.69) is 48.8 Å². The van der Waals surface area contributed by atoms with Gasteiger partial charge in [-0.15, -0.1) is 0 Å². The molecule has 0 unspecified atom stereocenters. The minimum Gasteiger partial charge on any atom is -0.372 e. The fourth-order valence-corrected chi connectivity index (χ4v) is 4.25. The first-order valence-electron chi connectivity index (χ1n) is 8.51. The van der Waals surface area contributed by atoms with Crippen LogP contribution in [0.5, 0.6) is 0 Å². The van der Waals surface area contributed by atoms with E-state index in [4.69, 9.17) is 0 Å². The zero-order chi connectivity index (χ0) is 17.0. The van der Waals surface area contributed by atoms with Gasteiger partial charge in [0.25, 0.3) is 0 Å². The number of rotatable bonds is 6. The van der Waals surface area contributed by atoms with Crippen molar-refractivity contribution in [2.45, 2.75) is 27.7 Å². The number of sulfonamides is 1. The second-order valence-electron chi connectivity index (χ2n) is 5.93. The first-order valence-corrected chi connectivity index (χ1v) is 10.1. The Bertz CT molecular complexity index is 619. The van der Waals surface area contributed by atoms with Crippen LogP contribution in [-0.4, -0.2) is 57.7 Å². The molecule has 0 aromatic heterocycles. The van der Waals surface area contributed by atoms with Crippen molar-refractivity contribution in [1.82, 2.24) is 4.31 Å². The van der Waals surface area contributed by atoms with E-state index in [1.165, 1.54) is 16.9 Å². The molecule has 6 heteroatoms. The predicted octanol–water partition coefficient (Wildman–Crippen LogP) is 2.31. The molecule has 0 radical (unpaired) electrons. The lowest BCUT2D eigenvalue weighted by Crippen LogP contribution is -2.49. The van der Waals surface area contributed by atoms with Gasteiger partial charge in [0.15, 0.2) is 0 Å². The normalized spacial score (nSPS) is 16.6. The Morgan fingerprint density at radius 2 is 1.65 bits per heavy atom. The maximum absolute atomic E-state index is 12.0. The Kier molecular flexibility index (Phi) is 5.92. The van der Waals surface area contributed by atoms with Gasteiger partial charge in [-0.05, 0) is 51.5 Å². The van der Waals surface area contributed by atoms with Crippen molar-refractivity contribution < 1.29 is 8.42 Å². The van der Waals surface area contributed by atoms with Crippen molar-refractivity contribution in [3.63, 3.8) is 0 Å². The van der Waals surface area contributed by atoms with Gasteiger partial charge in [0, 0.05) is 50.6 Å². The maximum Gasteiger partial charge on any atom is 0.213 e. The van der Waals surface area contributed by atoms with Gasteiger partial charge in [-0.1, -0.05) is 0 Å². The quantitative estimate of drug-likeness (QED) is 0.798. The standard InChI is InChI=1S/C17H29N3O2S/c1-5-18(6-2)16-8-9-17(15(4)14-16)19-10-12-20(13-11-19)23(21,22)7-3/h8-9,14H,5-7,10-13H2,1-4H3. The molecule has 0 amide bonds. The molecule has 0 atom stereocenters. The molecule has 0 bridgehead atoms. The number of anilines is 2. The summed E-state index contributed by atoms with van der Waals surface area (Å²) in [5, 5.41) is 0. The molecular weight excluding hydrogens is 310 g/mol. The van der Waals surface area contributed by atoms with E-state index in [1.807, 2.05) is 0 Å². The van der Waals surface area contributed by atoms with Gasteiger partial charge in [-0.3, -0.25) is 0 Å². The van der Waals surface area contributed by atoms with Crippen LogP contribution in [0.15, 0.2) is 18.2 Å². The number of benzene rings is 1. The third-order valence-electron chi connectivity index (χ3n) is 4.65. The highest BCUT2D eigenvalue weighted by molar-refractivity contribution is 7.89. The van der Waals surface area contributed by atoms with Gasteiger partial charge >= 0.3 is 0 Å². The third-order valence-corrected chi connectivity index (χ3v) is 6.53. The molecule has 0 saturated carbocycles. The molecule has 0 aliphatic carbocycles. The minimum absolute atomic E-state index is 0.185. The molecule has 0 N–H and O–H groups in total. The molecule has 2 rings (SSSR count). The van der Waals surface area contributed by atoms with Gasteiger partial charge in [-0.2, -0.15) is 4.31 Å². The van der Waals surface area contributed by atoms with Crippen molar-refractivity contribution in [1.29, 1.82) is 0 Å². The van der Waals surface area contributed by atoms with Crippen molar-refractivity contribution in [2.75, 3.05) is 54.8 Å². The van der Waals surface area contributed by atoms with Crippen LogP contribution in [0.1, 0.15) is 26.3 Å². The van der Waals surface area contributed by atoms with Crippen molar-refractivity contribution in [2.24, 2.45) is 0 Å². The summed E-state index contributed by atoms with van der Waals surface area (Å²) in [6, 6.07) is 6.58. The number of piperazine rings is 1. The van der Waals surface area contributed by atoms with Crippen LogP contribution >= 0.6 is 0 Å². The number of hydrogen-bond donors (Lipinski definition) is 0. The Morgan fingerprint density at radius 3 is 2.13 bits per heavy atom. The Labute approximate surface area is 140 Å². The number of aryl methyl sites for hydroxylation is 1. The Morgan fingerprint density at radius 1 is 1.04 bits per heavy atom. The topological polar surface area (TPSA) is 43.9 Å². The fraction of sp³-hybridized carbons (Fsp3) is 0.647. The summed E-state index contributed by atoms with van der Waals surface area (Å²) in [6.45, 7) is 12.8. The van der Waals surface area contributed by atoms with Crippen molar-refractivity contribution in [3.8, 4) is 0 Å². The monoisotopic (exact) mass is 339 g/mol. The summed E-state index contributed by atoms with van der Waals surface area (Å²) >= 11 is 0. The Hall–Kier alpha value is -1.27. The molecule has 1 aliphatic rings. The van der Waals surface area contributed by atoms with Crippen LogP contribution < -0.4 is 9.80 Å². The van der Waals surface area contributed by atoms with E-state index >= 15 is 0 Å². The Balaban J connectivity index is 2.10. The average molecular weight is 340 g/mol. The third kappa shape index (κ3) is 3.98. The molecule has 130 valence electrons. The van der Waals surface area contributed by atoms with E-state index in [-0.39, 0.29) is 5.75 Å². The molecule has 1 aliphatic heterocycles. The van der Waals surface area contributed by atoms with Gasteiger partial charge in [0.2, 0.25) is 10.0 Å². The SMILES string of the molecule is CCN(CC)c1ccc(N2CCN(S(=O)(=O)CC)CC2)c(C)c1. The minimum atomic E-state index is -3.06. The van der Waals surface area contributed by atoms with E-state index in [0.29, 0.717) is 13.1 Å². The van der Waals surface area contributed by atoms with Crippen molar-refractivity contribution in [3.05, 3.63) is 23.8 Å². The molecule has 5 nitrogen and oxygen atoms in total. The summed E-state index contributed by atoms with van der Waals surface area (Å²) < 4.78 is 25.5. The van der Waals surface area contributed by atoms with Crippen LogP contribution in [0.4, 0.5) is 11.4 Å². The smallest absolute Gasteiger partial charge is 0.213 e. The molecule has 23 heavy (non-hydrogen) atoms. The molecule has 1 saturated heterocycles. The fourth-order valence-electron chi connectivity index (χ4n) is 3.17. The van der Waals surface area contributed by atoms with Crippen LogP contribution in [0.2, 0.25) is 0 Å². The maximum atomic E-state index is 12.0. The molecule has 1 aromatic rings. The van der Waals surface area contributed by atoms with Gasteiger partial charge in [0.1, 0.15) is 0 Å². The molecule has 1 heterocycles. The molecule has 0 spiro atoms. The van der Waals surface area contributed by atoms with Crippen molar-refractivity contribution >= 4 is 21.4 Å². The van der Waals surface area contributed by atoms with E-state index in [9.17, 15) is 8.42 Å². The average Bonchev–Trinajstić information content (AvgIpc) is 2.56. The second-order valence-corrected chi connectivity index (χ2v) is 8.19. The highest BCUT2D eigenvalue weighted by atomic mass is 32.2. The molecule has 1 aromatic carbocycles. The second kappa shape index (κ2) is 7.53. The van der Waals surface area contributed by atoms with E-state index in [1.54, 1.807) is 11.2 Å². The molecular formula is C17H29N3O2S.